The van der Waals surface area contributed by atoms with Crippen LogP contribution in [0.1, 0.15) is 59.8 Å². The van der Waals surface area contributed by atoms with Crippen LogP contribution in [0.15, 0.2) is 11.6 Å². The molecule has 1 heterocycles. The normalized spacial score (nSPS) is 39.2. The van der Waals surface area contributed by atoms with E-state index >= 15 is 0 Å². The zero-order valence-corrected chi connectivity index (χ0v) is 11.6. The van der Waals surface area contributed by atoms with E-state index in [-0.39, 0.29) is 11.7 Å². The fourth-order valence-electron chi connectivity index (χ4n) is 3.18. The van der Waals surface area contributed by atoms with E-state index in [1.54, 1.807) is 0 Å². The molecule has 0 aromatic heterocycles. The first kappa shape index (κ1) is 13.1. The molecule has 1 fully saturated rings. The van der Waals surface area contributed by atoms with Gasteiger partial charge >= 0.3 is 0 Å². The van der Waals surface area contributed by atoms with Crippen LogP contribution in [0.2, 0.25) is 0 Å². The summed E-state index contributed by atoms with van der Waals surface area (Å²) in [5.41, 5.74) is 0.780. The molecular weight excluding hydrogens is 212 g/mol. The molecule has 0 unspecified atom stereocenters. The lowest BCUT2D eigenvalue weighted by atomic mass is 9.77. The molecule has 2 rings (SSSR count). The smallest absolute Gasteiger partial charge is 0.0865 e. The third kappa shape index (κ3) is 2.74. The highest BCUT2D eigenvalue weighted by Crippen LogP contribution is 2.44. The number of allylic oxidation sites excluding steroid dienone is 2. The van der Waals surface area contributed by atoms with Crippen molar-refractivity contribution in [2.45, 2.75) is 77.1 Å². The summed E-state index contributed by atoms with van der Waals surface area (Å²) in [6, 6.07) is 0. The van der Waals surface area contributed by atoms with E-state index in [0.29, 0.717) is 5.92 Å². The van der Waals surface area contributed by atoms with Crippen LogP contribution in [0.5, 0.6) is 0 Å². The van der Waals surface area contributed by atoms with E-state index < -0.39 is 5.60 Å². The summed E-state index contributed by atoms with van der Waals surface area (Å²) in [6.07, 6.45) is 8.01. The van der Waals surface area contributed by atoms with Gasteiger partial charge in [0.15, 0.2) is 0 Å². The third-order valence-corrected chi connectivity index (χ3v) is 4.60. The van der Waals surface area contributed by atoms with Gasteiger partial charge in [0.05, 0.1) is 17.3 Å². The molecule has 1 saturated heterocycles. The van der Waals surface area contributed by atoms with Crippen molar-refractivity contribution in [1.29, 1.82) is 0 Å². The van der Waals surface area contributed by atoms with Crippen molar-refractivity contribution in [2.24, 2.45) is 5.92 Å². The van der Waals surface area contributed by atoms with Crippen LogP contribution in [0.3, 0.4) is 0 Å². The molecule has 2 nitrogen and oxygen atoms in total. The van der Waals surface area contributed by atoms with Gasteiger partial charge in [-0.2, -0.15) is 0 Å². The van der Waals surface area contributed by atoms with Crippen molar-refractivity contribution in [2.75, 3.05) is 0 Å². The second-order valence-corrected chi connectivity index (χ2v) is 6.63. The summed E-state index contributed by atoms with van der Waals surface area (Å²) in [7, 11) is 0. The van der Waals surface area contributed by atoms with Gasteiger partial charge in [-0.3, -0.25) is 0 Å². The molecule has 1 aliphatic carbocycles. The molecule has 0 aromatic carbocycles. The predicted octanol–water partition coefficient (Wildman–Crippen LogP) is 3.44. The maximum Gasteiger partial charge on any atom is 0.0865 e. The van der Waals surface area contributed by atoms with Crippen molar-refractivity contribution in [3.05, 3.63) is 11.6 Å². The SMILES string of the molecule is CC1=CC[C@@H]([C@]2(C)CC[C@@H](C(C)(C)O)O2)CC1. The second-order valence-electron chi connectivity index (χ2n) is 6.63. The topological polar surface area (TPSA) is 29.5 Å². The van der Waals surface area contributed by atoms with Crippen LogP contribution in [0.4, 0.5) is 0 Å². The molecule has 2 aliphatic rings. The van der Waals surface area contributed by atoms with E-state index in [2.05, 4.69) is 19.9 Å². The Hall–Kier alpha value is -0.340. The van der Waals surface area contributed by atoms with Crippen LogP contribution < -0.4 is 0 Å². The highest BCUT2D eigenvalue weighted by atomic mass is 16.5. The Labute approximate surface area is 105 Å². The summed E-state index contributed by atoms with van der Waals surface area (Å²) in [5, 5.41) is 10.1. The van der Waals surface area contributed by atoms with Gasteiger partial charge in [0.25, 0.3) is 0 Å². The number of ether oxygens (including phenoxy) is 1. The van der Waals surface area contributed by atoms with Gasteiger partial charge < -0.3 is 9.84 Å². The fourth-order valence-corrected chi connectivity index (χ4v) is 3.18. The molecule has 0 amide bonds. The van der Waals surface area contributed by atoms with Gasteiger partial charge in [-0.25, -0.2) is 0 Å². The van der Waals surface area contributed by atoms with Gasteiger partial charge in [-0.05, 0) is 65.7 Å². The lowest BCUT2D eigenvalue weighted by Gasteiger charge is -2.37. The van der Waals surface area contributed by atoms with Gasteiger partial charge in [0.1, 0.15) is 0 Å². The second kappa shape index (κ2) is 4.40. The van der Waals surface area contributed by atoms with Crippen molar-refractivity contribution in [3.8, 4) is 0 Å². The zero-order valence-electron chi connectivity index (χ0n) is 11.6. The monoisotopic (exact) mass is 238 g/mol. The molecule has 98 valence electrons. The first-order valence-corrected chi connectivity index (χ1v) is 6.87. The minimum atomic E-state index is -0.710. The van der Waals surface area contributed by atoms with E-state index in [1.807, 2.05) is 13.8 Å². The Kier molecular flexibility index (Phi) is 3.39. The third-order valence-electron chi connectivity index (χ3n) is 4.60. The summed E-state index contributed by atoms with van der Waals surface area (Å²) in [4.78, 5) is 0. The molecule has 1 aliphatic heterocycles. The van der Waals surface area contributed by atoms with Crippen LogP contribution in [-0.2, 0) is 4.74 Å². The molecular formula is C15H26O2. The largest absolute Gasteiger partial charge is 0.388 e. The lowest BCUT2D eigenvalue weighted by Crippen LogP contribution is -2.41. The van der Waals surface area contributed by atoms with Crippen molar-refractivity contribution in [3.63, 3.8) is 0 Å². The number of rotatable bonds is 2. The molecule has 0 spiro atoms. The lowest BCUT2D eigenvalue weighted by molar-refractivity contribution is -0.135. The number of hydrogen-bond donors (Lipinski definition) is 1. The molecule has 0 saturated carbocycles. The summed E-state index contributed by atoms with van der Waals surface area (Å²) >= 11 is 0. The average Bonchev–Trinajstić information content (AvgIpc) is 2.62. The van der Waals surface area contributed by atoms with Crippen LogP contribution in [0, 0.1) is 5.92 Å². The molecule has 3 atom stereocenters. The molecule has 17 heavy (non-hydrogen) atoms. The first-order valence-electron chi connectivity index (χ1n) is 6.87. The maximum absolute atomic E-state index is 10.1. The summed E-state index contributed by atoms with van der Waals surface area (Å²) in [6.45, 7) is 8.16. The Morgan fingerprint density at radius 1 is 1.41 bits per heavy atom. The van der Waals surface area contributed by atoms with Crippen molar-refractivity contribution >= 4 is 0 Å². The van der Waals surface area contributed by atoms with Crippen LogP contribution in [0.25, 0.3) is 0 Å². The van der Waals surface area contributed by atoms with Gasteiger partial charge in [0, 0.05) is 0 Å². The first-order chi connectivity index (χ1) is 7.81. The quantitative estimate of drug-likeness (QED) is 0.747. The van der Waals surface area contributed by atoms with Crippen LogP contribution in [-0.4, -0.2) is 22.4 Å². The number of hydrogen-bond acceptors (Lipinski definition) is 2. The summed E-state index contributed by atoms with van der Waals surface area (Å²) in [5.74, 6) is 0.624. The minimum Gasteiger partial charge on any atom is -0.388 e. The summed E-state index contributed by atoms with van der Waals surface area (Å²) < 4.78 is 6.21. The fraction of sp³-hybridized carbons (Fsp3) is 0.867. The molecule has 0 radical (unpaired) electrons. The van der Waals surface area contributed by atoms with Gasteiger partial charge in [0.2, 0.25) is 0 Å². The van der Waals surface area contributed by atoms with Gasteiger partial charge in [-0.1, -0.05) is 11.6 Å². The zero-order chi connectivity index (χ0) is 12.7. The molecule has 0 bridgehead atoms. The Balaban J connectivity index is 2.02. The predicted molar refractivity (Wildman–Crippen MR) is 69.9 cm³/mol. The Morgan fingerprint density at radius 3 is 2.59 bits per heavy atom. The van der Waals surface area contributed by atoms with E-state index in [1.165, 1.54) is 18.4 Å². The van der Waals surface area contributed by atoms with Crippen molar-refractivity contribution in [1.82, 2.24) is 0 Å². The van der Waals surface area contributed by atoms with Gasteiger partial charge in [-0.15, -0.1) is 0 Å². The standard InChI is InChI=1S/C15H26O2/c1-11-5-7-12(8-6-11)15(4)10-9-13(17-15)14(2,3)16/h5,12-13,16H,6-10H2,1-4H3/t12-,13+,15+/m1/s1. The number of aliphatic hydroxyl groups is 1. The minimum absolute atomic E-state index is 0.000460. The van der Waals surface area contributed by atoms with E-state index in [9.17, 15) is 5.11 Å². The highest BCUT2D eigenvalue weighted by Gasteiger charge is 2.46. The van der Waals surface area contributed by atoms with Crippen molar-refractivity contribution < 1.29 is 9.84 Å². The molecule has 1 N–H and O–H groups in total. The maximum atomic E-state index is 10.1. The molecule has 2 heteroatoms. The Morgan fingerprint density at radius 2 is 2.12 bits per heavy atom. The highest BCUT2D eigenvalue weighted by molar-refractivity contribution is 5.07. The Bertz CT molecular complexity index is 313. The van der Waals surface area contributed by atoms with E-state index in [4.69, 9.17) is 4.74 Å². The van der Waals surface area contributed by atoms with Crippen LogP contribution >= 0.6 is 0 Å². The molecule has 0 aromatic rings. The van der Waals surface area contributed by atoms with E-state index in [0.717, 1.165) is 19.3 Å². The average molecular weight is 238 g/mol.